The quantitative estimate of drug-likeness (QED) is 0.749. The maximum absolute atomic E-state index is 4.35. The Morgan fingerprint density at radius 1 is 1.75 bits per heavy atom. The van der Waals surface area contributed by atoms with Crippen molar-refractivity contribution < 1.29 is 0 Å². The second-order valence-corrected chi connectivity index (χ2v) is 4.33. The van der Waals surface area contributed by atoms with Gasteiger partial charge in [-0.25, -0.2) is 4.98 Å². The molecule has 66 valence electrons. The summed E-state index contributed by atoms with van der Waals surface area (Å²) in [6.45, 7) is 1.15. The fourth-order valence-electron chi connectivity index (χ4n) is 1.83. The van der Waals surface area contributed by atoms with E-state index >= 15 is 0 Å². The Hall–Kier alpha value is -0.410. The van der Waals surface area contributed by atoms with Crippen molar-refractivity contribution in [3.63, 3.8) is 0 Å². The second-order valence-electron chi connectivity index (χ2n) is 3.39. The number of rotatable bonds is 2. The van der Waals surface area contributed by atoms with Gasteiger partial charge in [0.05, 0.1) is 11.2 Å². The molecule has 1 atom stereocenters. The minimum absolute atomic E-state index is 0.836. The second kappa shape index (κ2) is 3.54. The normalized spacial score (nSPS) is 22.2. The molecule has 0 saturated carbocycles. The number of nitrogens with zero attached hydrogens (tertiary/aromatic N) is 1. The molecule has 0 radical (unpaired) electrons. The number of hydrogen-bond donors (Lipinski definition) is 1. The summed E-state index contributed by atoms with van der Waals surface area (Å²) < 4.78 is 0. The molecule has 3 heteroatoms. The summed E-state index contributed by atoms with van der Waals surface area (Å²) >= 11 is 1.82. The number of nitrogens with one attached hydrogen (secondary N) is 1. The van der Waals surface area contributed by atoms with Crippen LogP contribution in [0.15, 0.2) is 5.51 Å². The summed E-state index contributed by atoms with van der Waals surface area (Å²) in [4.78, 5) is 5.86. The van der Waals surface area contributed by atoms with E-state index in [9.17, 15) is 0 Å². The van der Waals surface area contributed by atoms with Crippen molar-refractivity contribution in [1.82, 2.24) is 10.3 Å². The van der Waals surface area contributed by atoms with Crippen LogP contribution < -0.4 is 5.32 Å². The van der Waals surface area contributed by atoms with Crippen LogP contribution in [0, 0.1) is 5.92 Å². The summed E-state index contributed by atoms with van der Waals surface area (Å²) in [5, 5.41) is 3.24. The van der Waals surface area contributed by atoms with Gasteiger partial charge in [-0.1, -0.05) is 0 Å². The van der Waals surface area contributed by atoms with E-state index in [1.165, 1.54) is 29.8 Å². The number of aryl methyl sites for hydroxylation is 1. The highest BCUT2D eigenvalue weighted by atomic mass is 32.1. The van der Waals surface area contributed by atoms with Gasteiger partial charge in [0.2, 0.25) is 0 Å². The van der Waals surface area contributed by atoms with Gasteiger partial charge in [-0.05, 0) is 38.8 Å². The van der Waals surface area contributed by atoms with Gasteiger partial charge in [0.1, 0.15) is 0 Å². The lowest BCUT2D eigenvalue weighted by Gasteiger charge is -2.20. The first-order chi connectivity index (χ1) is 5.90. The number of thiazole rings is 1. The molecular weight excluding hydrogens is 168 g/mol. The highest BCUT2D eigenvalue weighted by molar-refractivity contribution is 7.09. The molecule has 0 aromatic carbocycles. The average molecular weight is 182 g/mol. The molecule has 2 nitrogen and oxygen atoms in total. The SMILES string of the molecule is CNCC1CCc2ncsc2C1. The highest BCUT2D eigenvalue weighted by Crippen LogP contribution is 2.26. The average Bonchev–Trinajstić information content (AvgIpc) is 2.51. The van der Waals surface area contributed by atoms with Gasteiger partial charge >= 0.3 is 0 Å². The molecule has 1 aliphatic carbocycles. The predicted octanol–water partition coefficient (Wildman–Crippen LogP) is 1.47. The smallest absolute Gasteiger partial charge is 0.0797 e. The van der Waals surface area contributed by atoms with Crippen molar-refractivity contribution in [2.24, 2.45) is 5.92 Å². The first-order valence-electron chi connectivity index (χ1n) is 4.46. The van der Waals surface area contributed by atoms with Crippen LogP contribution in [0.2, 0.25) is 0 Å². The topological polar surface area (TPSA) is 24.9 Å². The van der Waals surface area contributed by atoms with Crippen LogP contribution in [0.1, 0.15) is 17.0 Å². The van der Waals surface area contributed by atoms with E-state index < -0.39 is 0 Å². The van der Waals surface area contributed by atoms with Crippen molar-refractivity contribution in [2.75, 3.05) is 13.6 Å². The molecule has 0 saturated heterocycles. The fourth-order valence-corrected chi connectivity index (χ4v) is 2.76. The zero-order valence-corrected chi connectivity index (χ0v) is 8.16. The molecule has 12 heavy (non-hydrogen) atoms. The van der Waals surface area contributed by atoms with E-state index in [1.807, 2.05) is 23.9 Å². The molecule has 0 aliphatic heterocycles. The third-order valence-corrected chi connectivity index (χ3v) is 3.38. The van der Waals surface area contributed by atoms with Gasteiger partial charge in [-0.15, -0.1) is 11.3 Å². The summed E-state index contributed by atoms with van der Waals surface area (Å²) in [5.41, 5.74) is 3.33. The van der Waals surface area contributed by atoms with Gasteiger partial charge in [-0.2, -0.15) is 0 Å². The zero-order chi connectivity index (χ0) is 8.39. The van der Waals surface area contributed by atoms with Gasteiger partial charge in [0.15, 0.2) is 0 Å². The van der Waals surface area contributed by atoms with Crippen molar-refractivity contribution in [3.05, 3.63) is 16.1 Å². The summed E-state index contributed by atoms with van der Waals surface area (Å²) in [6, 6.07) is 0. The van der Waals surface area contributed by atoms with Gasteiger partial charge in [0, 0.05) is 4.88 Å². The lowest BCUT2D eigenvalue weighted by atomic mass is 9.91. The van der Waals surface area contributed by atoms with Crippen LogP contribution in [0.3, 0.4) is 0 Å². The molecule has 0 amide bonds. The Bertz CT molecular complexity index is 257. The van der Waals surface area contributed by atoms with Crippen LogP contribution >= 0.6 is 11.3 Å². The molecule has 1 N–H and O–H groups in total. The van der Waals surface area contributed by atoms with E-state index in [-0.39, 0.29) is 0 Å². The molecule has 0 bridgehead atoms. The maximum Gasteiger partial charge on any atom is 0.0797 e. The van der Waals surface area contributed by atoms with Crippen molar-refractivity contribution in [1.29, 1.82) is 0 Å². The van der Waals surface area contributed by atoms with Crippen molar-refractivity contribution in [2.45, 2.75) is 19.3 Å². The molecule has 2 rings (SSSR count). The first-order valence-corrected chi connectivity index (χ1v) is 5.34. The molecule has 0 fully saturated rings. The Labute approximate surface area is 77.0 Å². The summed E-state index contributed by atoms with van der Waals surface area (Å²) in [7, 11) is 2.03. The lowest BCUT2D eigenvalue weighted by molar-refractivity contribution is 0.441. The van der Waals surface area contributed by atoms with Gasteiger partial charge in [0.25, 0.3) is 0 Å². The number of hydrogen-bond acceptors (Lipinski definition) is 3. The molecule has 1 aromatic rings. The third kappa shape index (κ3) is 1.52. The first kappa shape index (κ1) is 8.20. The summed E-state index contributed by atoms with van der Waals surface area (Å²) in [5.74, 6) is 0.836. The minimum atomic E-state index is 0.836. The van der Waals surface area contributed by atoms with Crippen LogP contribution in [0.25, 0.3) is 0 Å². The Balaban J connectivity index is 2.05. The molecule has 1 aliphatic rings. The third-order valence-electron chi connectivity index (χ3n) is 2.48. The van der Waals surface area contributed by atoms with Crippen molar-refractivity contribution >= 4 is 11.3 Å². The zero-order valence-electron chi connectivity index (χ0n) is 7.34. The van der Waals surface area contributed by atoms with Crippen LogP contribution in [-0.2, 0) is 12.8 Å². The fraction of sp³-hybridized carbons (Fsp3) is 0.667. The van der Waals surface area contributed by atoms with E-state index in [0.717, 1.165) is 12.5 Å². The lowest BCUT2D eigenvalue weighted by Crippen LogP contribution is -2.24. The Morgan fingerprint density at radius 3 is 3.50 bits per heavy atom. The minimum Gasteiger partial charge on any atom is -0.319 e. The summed E-state index contributed by atoms with van der Waals surface area (Å²) in [6.07, 6.45) is 3.73. The van der Waals surface area contributed by atoms with Crippen molar-refractivity contribution in [3.8, 4) is 0 Å². The maximum atomic E-state index is 4.35. The van der Waals surface area contributed by atoms with E-state index in [1.54, 1.807) is 0 Å². The largest absolute Gasteiger partial charge is 0.319 e. The Kier molecular flexibility index (Phi) is 2.42. The van der Waals surface area contributed by atoms with Gasteiger partial charge < -0.3 is 5.32 Å². The van der Waals surface area contributed by atoms with E-state index in [4.69, 9.17) is 0 Å². The van der Waals surface area contributed by atoms with E-state index in [2.05, 4.69) is 10.3 Å². The molecular formula is C9H14N2S. The molecule has 1 aromatic heterocycles. The number of fused-ring (bicyclic) bond motifs is 1. The predicted molar refractivity (Wildman–Crippen MR) is 51.6 cm³/mol. The standard InChI is InChI=1S/C9H14N2S/c1-10-5-7-2-3-8-9(4-7)12-6-11-8/h6-7,10H,2-5H2,1H3. The Morgan fingerprint density at radius 2 is 2.67 bits per heavy atom. The molecule has 1 heterocycles. The molecule has 0 spiro atoms. The van der Waals surface area contributed by atoms with Crippen LogP contribution in [0.4, 0.5) is 0 Å². The monoisotopic (exact) mass is 182 g/mol. The highest BCUT2D eigenvalue weighted by Gasteiger charge is 2.19. The van der Waals surface area contributed by atoms with Crippen LogP contribution in [0.5, 0.6) is 0 Å². The van der Waals surface area contributed by atoms with Gasteiger partial charge in [-0.3, -0.25) is 0 Å². The van der Waals surface area contributed by atoms with E-state index in [0.29, 0.717) is 0 Å². The number of aromatic nitrogens is 1. The van der Waals surface area contributed by atoms with Crippen LogP contribution in [-0.4, -0.2) is 18.6 Å². The molecule has 1 unspecified atom stereocenters.